The van der Waals surface area contributed by atoms with Crippen LogP contribution >= 0.6 is 0 Å². The number of nitrogens with one attached hydrogen (secondary N) is 1. The first-order valence-electron chi connectivity index (χ1n) is 7.36. The van der Waals surface area contributed by atoms with Gasteiger partial charge in [0.25, 0.3) is 0 Å². The minimum Gasteiger partial charge on any atom is -0.417 e. The smallest absolute Gasteiger partial charge is 0.191 e. The maximum Gasteiger partial charge on any atom is 0.191 e. The van der Waals surface area contributed by atoms with Crippen molar-refractivity contribution < 1.29 is 4.43 Å². The van der Waals surface area contributed by atoms with E-state index < -0.39 is 8.32 Å². The molecule has 1 unspecified atom stereocenters. The van der Waals surface area contributed by atoms with E-state index >= 15 is 0 Å². The minimum absolute atomic E-state index is 0.322. The first-order chi connectivity index (χ1) is 8.28. The summed E-state index contributed by atoms with van der Waals surface area (Å²) in [6, 6.07) is 0.661. The van der Waals surface area contributed by atoms with Crippen LogP contribution in [0, 0.1) is 0 Å². The highest BCUT2D eigenvalue weighted by molar-refractivity contribution is 6.74. The minimum atomic E-state index is -1.56. The van der Waals surface area contributed by atoms with E-state index in [0.29, 0.717) is 11.1 Å². The van der Waals surface area contributed by atoms with Gasteiger partial charge in [-0.2, -0.15) is 0 Å². The molecular weight excluding hydrogens is 240 g/mol. The van der Waals surface area contributed by atoms with E-state index in [2.05, 4.69) is 51.0 Å². The van der Waals surface area contributed by atoms with E-state index in [1.807, 2.05) is 0 Å². The van der Waals surface area contributed by atoms with Crippen LogP contribution in [-0.4, -0.2) is 52.0 Å². The van der Waals surface area contributed by atoms with Crippen LogP contribution in [0.3, 0.4) is 0 Å². The van der Waals surface area contributed by atoms with Crippen LogP contribution in [0.25, 0.3) is 0 Å². The van der Waals surface area contributed by atoms with E-state index in [0.717, 1.165) is 32.7 Å². The Balaban J connectivity index is 2.36. The van der Waals surface area contributed by atoms with Gasteiger partial charge in [-0.1, -0.05) is 27.7 Å². The number of hydrogen-bond acceptors (Lipinski definition) is 3. The molecule has 1 aliphatic heterocycles. The highest BCUT2D eigenvalue weighted by Gasteiger charge is 2.37. The molecule has 1 fully saturated rings. The third-order valence-corrected chi connectivity index (χ3v) is 9.14. The summed E-state index contributed by atoms with van der Waals surface area (Å²) in [7, 11) is -1.56. The maximum absolute atomic E-state index is 6.27. The molecule has 1 atom stereocenters. The van der Waals surface area contributed by atoms with Gasteiger partial charge < -0.3 is 9.74 Å². The number of hydrogen-bond donors (Lipinski definition) is 1. The van der Waals surface area contributed by atoms with E-state index in [-0.39, 0.29) is 0 Å². The van der Waals surface area contributed by atoms with Gasteiger partial charge in [-0.25, -0.2) is 0 Å². The fourth-order valence-corrected chi connectivity index (χ4v) is 3.23. The second kappa shape index (κ2) is 6.50. The molecule has 0 saturated carbocycles. The van der Waals surface area contributed by atoms with Crippen LogP contribution in [0.1, 0.15) is 34.1 Å². The highest BCUT2D eigenvalue weighted by atomic mass is 28.4. The number of piperazine rings is 1. The first kappa shape index (κ1) is 16.2. The van der Waals surface area contributed by atoms with Crippen LogP contribution < -0.4 is 5.32 Å². The molecule has 1 N–H and O–H groups in total. The maximum atomic E-state index is 6.27. The van der Waals surface area contributed by atoms with Crippen LogP contribution in [0.5, 0.6) is 0 Å². The third kappa shape index (κ3) is 4.33. The molecule has 4 heteroatoms. The molecule has 1 rings (SSSR count). The van der Waals surface area contributed by atoms with Crippen molar-refractivity contribution in [3.63, 3.8) is 0 Å². The fourth-order valence-electron chi connectivity index (χ4n) is 2.17. The van der Waals surface area contributed by atoms with Gasteiger partial charge in [0.05, 0.1) is 0 Å². The first-order valence-corrected chi connectivity index (χ1v) is 10.3. The second-order valence-electron chi connectivity index (χ2n) is 6.88. The van der Waals surface area contributed by atoms with Crippen molar-refractivity contribution >= 4 is 8.32 Å². The molecule has 0 spiro atoms. The molecule has 0 amide bonds. The van der Waals surface area contributed by atoms with Crippen molar-refractivity contribution in [3.05, 3.63) is 0 Å². The summed E-state index contributed by atoms with van der Waals surface area (Å²) in [5.74, 6) is 0. The van der Waals surface area contributed by atoms with Gasteiger partial charge in [0.1, 0.15) is 0 Å². The van der Waals surface area contributed by atoms with Crippen molar-refractivity contribution in [2.75, 3.05) is 32.8 Å². The summed E-state index contributed by atoms with van der Waals surface area (Å²) >= 11 is 0. The Morgan fingerprint density at radius 2 is 2.00 bits per heavy atom. The van der Waals surface area contributed by atoms with Gasteiger partial charge >= 0.3 is 0 Å². The quantitative estimate of drug-likeness (QED) is 0.779. The van der Waals surface area contributed by atoms with Gasteiger partial charge in [0, 0.05) is 32.3 Å². The standard InChI is InChI=1S/C14H32N2OSi/c1-7-16-10-9-15-12-13(16)8-11-17-18(5,6)14(2,3)4/h13,15H,7-12H2,1-6H3. The average molecular weight is 273 g/mol. The van der Waals surface area contributed by atoms with Crippen molar-refractivity contribution in [1.82, 2.24) is 10.2 Å². The topological polar surface area (TPSA) is 24.5 Å². The molecule has 18 heavy (non-hydrogen) atoms. The normalized spacial score (nSPS) is 23.3. The van der Waals surface area contributed by atoms with Crippen molar-refractivity contribution in [3.8, 4) is 0 Å². The largest absolute Gasteiger partial charge is 0.417 e. The number of likely N-dealkylation sites (N-methyl/N-ethyl adjacent to an activating group) is 1. The van der Waals surface area contributed by atoms with Gasteiger partial charge in [0.15, 0.2) is 8.32 Å². The molecule has 0 aromatic carbocycles. The Morgan fingerprint density at radius 3 is 2.56 bits per heavy atom. The summed E-state index contributed by atoms with van der Waals surface area (Å²) in [6.07, 6.45) is 1.16. The predicted octanol–water partition coefficient (Wildman–Crippen LogP) is 2.69. The molecular formula is C14H32N2OSi. The van der Waals surface area contributed by atoms with Crippen LogP contribution in [0.2, 0.25) is 18.1 Å². The monoisotopic (exact) mass is 272 g/mol. The van der Waals surface area contributed by atoms with Crippen molar-refractivity contribution in [1.29, 1.82) is 0 Å². The van der Waals surface area contributed by atoms with Gasteiger partial charge in [-0.05, 0) is 31.1 Å². The second-order valence-corrected chi connectivity index (χ2v) is 11.7. The molecule has 1 aliphatic rings. The molecule has 108 valence electrons. The van der Waals surface area contributed by atoms with Crippen molar-refractivity contribution in [2.45, 2.75) is 58.3 Å². The lowest BCUT2D eigenvalue weighted by atomic mass is 10.1. The molecule has 1 saturated heterocycles. The Labute approximate surface area is 114 Å². The zero-order valence-corrected chi connectivity index (χ0v) is 14.2. The van der Waals surface area contributed by atoms with Gasteiger partial charge in [-0.15, -0.1) is 0 Å². The van der Waals surface area contributed by atoms with Crippen LogP contribution in [-0.2, 0) is 4.43 Å². The van der Waals surface area contributed by atoms with Gasteiger partial charge in [0.2, 0.25) is 0 Å². The number of rotatable bonds is 5. The lowest BCUT2D eigenvalue weighted by molar-refractivity contribution is 0.138. The Morgan fingerprint density at radius 1 is 1.33 bits per heavy atom. The van der Waals surface area contributed by atoms with Crippen molar-refractivity contribution in [2.24, 2.45) is 0 Å². The Hall–Kier alpha value is 0.0969. The Bertz CT molecular complexity index is 251. The highest BCUT2D eigenvalue weighted by Crippen LogP contribution is 2.36. The molecule has 0 radical (unpaired) electrons. The average Bonchev–Trinajstić information content (AvgIpc) is 2.28. The lowest BCUT2D eigenvalue weighted by Crippen LogP contribution is -2.52. The molecule has 0 aromatic heterocycles. The lowest BCUT2D eigenvalue weighted by Gasteiger charge is -2.39. The van der Waals surface area contributed by atoms with E-state index in [4.69, 9.17) is 4.43 Å². The third-order valence-electron chi connectivity index (χ3n) is 4.60. The number of nitrogens with zero attached hydrogens (tertiary/aromatic N) is 1. The predicted molar refractivity (Wildman–Crippen MR) is 81.7 cm³/mol. The molecule has 3 nitrogen and oxygen atoms in total. The fraction of sp³-hybridized carbons (Fsp3) is 1.00. The Kier molecular flexibility index (Phi) is 5.84. The van der Waals surface area contributed by atoms with E-state index in [1.165, 1.54) is 6.54 Å². The van der Waals surface area contributed by atoms with Crippen LogP contribution in [0.4, 0.5) is 0 Å². The molecule has 1 heterocycles. The summed E-state index contributed by atoms with van der Waals surface area (Å²) in [5, 5.41) is 3.81. The van der Waals surface area contributed by atoms with Gasteiger partial charge in [-0.3, -0.25) is 4.90 Å². The summed E-state index contributed by atoms with van der Waals surface area (Å²) in [5.41, 5.74) is 0. The molecule has 0 aliphatic carbocycles. The summed E-state index contributed by atoms with van der Waals surface area (Å²) in [4.78, 5) is 2.57. The molecule has 0 bridgehead atoms. The summed E-state index contributed by atoms with van der Waals surface area (Å²) < 4.78 is 6.27. The zero-order valence-electron chi connectivity index (χ0n) is 13.2. The van der Waals surface area contributed by atoms with E-state index in [1.54, 1.807) is 0 Å². The SMILES string of the molecule is CCN1CCNCC1CCO[Si](C)(C)C(C)(C)C. The van der Waals surface area contributed by atoms with E-state index in [9.17, 15) is 0 Å². The molecule has 0 aromatic rings. The van der Waals surface area contributed by atoms with Crippen LogP contribution in [0.15, 0.2) is 0 Å². The summed E-state index contributed by atoms with van der Waals surface area (Å²) in [6.45, 7) is 19.4. The zero-order chi connectivity index (χ0) is 13.8.